The van der Waals surface area contributed by atoms with Crippen molar-refractivity contribution in [1.82, 2.24) is 15.5 Å². The first-order valence-electron chi connectivity index (χ1n) is 12.1. The van der Waals surface area contributed by atoms with Crippen LogP contribution in [0.1, 0.15) is 52.0 Å². The highest BCUT2D eigenvalue weighted by molar-refractivity contribution is 5.99. The van der Waals surface area contributed by atoms with Crippen molar-refractivity contribution in [3.63, 3.8) is 0 Å². The highest BCUT2D eigenvalue weighted by Gasteiger charge is 2.74. The molecule has 0 radical (unpaired) electrons. The average molecular weight is 458 g/mol. The van der Waals surface area contributed by atoms with Gasteiger partial charge in [-0.25, -0.2) is 0 Å². The zero-order valence-corrected chi connectivity index (χ0v) is 19.6. The number of amides is 3. The number of hydrogen-bond donors (Lipinski definition) is 3. The summed E-state index contributed by atoms with van der Waals surface area (Å²) in [5.41, 5.74) is -0.0595. The van der Waals surface area contributed by atoms with E-state index in [4.69, 9.17) is 4.74 Å². The van der Waals surface area contributed by atoms with Crippen LogP contribution in [0.2, 0.25) is 0 Å². The van der Waals surface area contributed by atoms with E-state index in [2.05, 4.69) is 17.6 Å². The SMILES string of the molecule is CCCC(C)NC(=O)C1N([C@H](C)CO)C(=O)[C@@H]2[C@H](C(=O)NCc3ccccc3)[C@@H]3CCC12O3. The van der Waals surface area contributed by atoms with Crippen LogP contribution in [-0.2, 0) is 25.7 Å². The first-order chi connectivity index (χ1) is 15.8. The van der Waals surface area contributed by atoms with Gasteiger partial charge in [0.05, 0.1) is 30.6 Å². The van der Waals surface area contributed by atoms with Gasteiger partial charge in [-0.2, -0.15) is 0 Å². The molecule has 7 atom stereocenters. The highest BCUT2D eigenvalue weighted by atomic mass is 16.5. The molecule has 180 valence electrons. The molecule has 8 nitrogen and oxygen atoms in total. The molecule has 3 amide bonds. The average Bonchev–Trinajstić information content (AvgIpc) is 3.45. The van der Waals surface area contributed by atoms with Crippen molar-refractivity contribution >= 4 is 17.7 Å². The standard InChI is InChI=1S/C25H35N3O5/c1-4-8-15(2)27-23(31)21-25-12-11-18(33-25)19(20(25)24(32)28(21)16(3)14-29)22(30)26-13-17-9-6-5-7-10-17/h5-7,9-10,15-16,18-21,29H,4,8,11-14H2,1-3H3,(H,26,30)(H,27,31)/t15?,16-,18+,19-,20+,21?,25?/m1/s1. The fraction of sp³-hybridized carbons (Fsp3) is 0.640. The Morgan fingerprint density at radius 3 is 2.64 bits per heavy atom. The summed E-state index contributed by atoms with van der Waals surface area (Å²) in [5, 5.41) is 15.9. The molecule has 3 aliphatic heterocycles. The molecule has 8 heteroatoms. The molecule has 0 saturated carbocycles. The van der Waals surface area contributed by atoms with E-state index in [-0.39, 0.29) is 36.5 Å². The Kier molecular flexibility index (Phi) is 6.77. The third-order valence-corrected chi connectivity index (χ3v) is 7.45. The van der Waals surface area contributed by atoms with Crippen molar-refractivity contribution in [2.75, 3.05) is 6.61 Å². The minimum Gasteiger partial charge on any atom is -0.394 e. The van der Waals surface area contributed by atoms with Crippen molar-refractivity contribution in [3.05, 3.63) is 35.9 Å². The van der Waals surface area contributed by atoms with Gasteiger partial charge in [0.2, 0.25) is 17.7 Å². The van der Waals surface area contributed by atoms with Crippen LogP contribution >= 0.6 is 0 Å². The molecular weight excluding hydrogens is 422 g/mol. The normalized spacial score (nSPS) is 31.9. The first-order valence-corrected chi connectivity index (χ1v) is 12.1. The number of hydrogen-bond acceptors (Lipinski definition) is 5. The quantitative estimate of drug-likeness (QED) is 0.519. The Balaban J connectivity index is 1.60. The molecular formula is C25H35N3O5. The van der Waals surface area contributed by atoms with Gasteiger partial charge in [0.1, 0.15) is 11.6 Å². The second kappa shape index (κ2) is 9.43. The summed E-state index contributed by atoms with van der Waals surface area (Å²) in [6, 6.07) is 8.16. The lowest BCUT2D eigenvalue weighted by Gasteiger charge is -2.36. The fourth-order valence-corrected chi connectivity index (χ4v) is 5.98. The Bertz CT molecular complexity index is 893. The summed E-state index contributed by atoms with van der Waals surface area (Å²) in [4.78, 5) is 41.9. The Morgan fingerprint density at radius 1 is 1.24 bits per heavy atom. The van der Waals surface area contributed by atoms with Gasteiger partial charge in [-0.05, 0) is 38.7 Å². The molecule has 3 unspecified atom stereocenters. The molecule has 3 saturated heterocycles. The van der Waals surface area contributed by atoms with E-state index in [1.54, 1.807) is 6.92 Å². The third kappa shape index (κ3) is 4.04. The van der Waals surface area contributed by atoms with Crippen molar-refractivity contribution in [3.8, 4) is 0 Å². The van der Waals surface area contributed by atoms with Crippen molar-refractivity contribution < 1.29 is 24.2 Å². The lowest BCUT2D eigenvalue weighted by Crippen LogP contribution is -2.58. The number of benzene rings is 1. The van der Waals surface area contributed by atoms with Gasteiger partial charge in [0, 0.05) is 12.6 Å². The lowest BCUT2D eigenvalue weighted by molar-refractivity contribution is -0.145. The summed E-state index contributed by atoms with van der Waals surface area (Å²) in [6.45, 7) is 5.82. The van der Waals surface area contributed by atoms with E-state index >= 15 is 0 Å². The molecule has 1 aromatic carbocycles. The Labute approximate surface area is 195 Å². The predicted molar refractivity (Wildman–Crippen MR) is 122 cm³/mol. The van der Waals surface area contributed by atoms with Crippen LogP contribution in [0.3, 0.4) is 0 Å². The van der Waals surface area contributed by atoms with Crippen LogP contribution in [-0.4, -0.2) is 64.2 Å². The zero-order valence-electron chi connectivity index (χ0n) is 19.6. The van der Waals surface area contributed by atoms with Crippen LogP contribution in [0, 0.1) is 11.8 Å². The topological polar surface area (TPSA) is 108 Å². The number of carbonyl (C=O) groups excluding carboxylic acids is 3. The number of fused-ring (bicyclic) bond motifs is 1. The number of ether oxygens (including phenoxy) is 1. The molecule has 3 N–H and O–H groups in total. The molecule has 0 aliphatic carbocycles. The van der Waals surface area contributed by atoms with Gasteiger partial charge < -0.3 is 25.4 Å². The summed E-state index contributed by atoms with van der Waals surface area (Å²) < 4.78 is 6.37. The number of likely N-dealkylation sites (tertiary alicyclic amines) is 1. The van der Waals surface area contributed by atoms with Gasteiger partial charge in [-0.15, -0.1) is 0 Å². The maximum absolute atomic E-state index is 13.7. The van der Waals surface area contributed by atoms with Crippen molar-refractivity contribution in [2.24, 2.45) is 11.8 Å². The number of rotatable bonds is 9. The summed E-state index contributed by atoms with van der Waals surface area (Å²) >= 11 is 0. The van der Waals surface area contributed by atoms with E-state index in [1.807, 2.05) is 37.3 Å². The van der Waals surface area contributed by atoms with Crippen molar-refractivity contribution in [1.29, 1.82) is 0 Å². The number of carbonyl (C=O) groups is 3. The maximum Gasteiger partial charge on any atom is 0.246 e. The molecule has 33 heavy (non-hydrogen) atoms. The maximum atomic E-state index is 13.7. The molecule has 2 bridgehead atoms. The minimum absolute atomic E-state index is 0.0390. The van der Waals surface area contributed by atoms with E-state index < -0.39 is 29.5 Å². The van der Waals surface area contributed by atoms with E-state index in [1.165, 1.54) is 4.90 Å². The number of nitrogens with one attached hydrogen (secondary N) is 2. The van der Waals surface area contributed by atoms with Crippen LogP contribution in [0.25, 0.3) is 0 Å². The van der Waals surface area contributed by atoms with Crippen molar-refractivity contribution in [2.45, 2.75) is 82.8 Å². The molecule has 4 rings (SSSR count). The Morgan fingerprint density at radius 2 is 1.97 bits per heavy atom. The smallest absolute Gasteiger partial charge is 0.246 e. The number of aliphatic hydroxyl groups excluding tert-OH is 1. The van der Waals surface area contributed by atoms with Crippen LogP contribution in [0.5, 0.6) is 0 Å². The van der Waals surface area contributed by atoms with E-state index in [0.29, 0.717) is 19.4 Å². The fourth-order valence-electron chi connectivity index (χ4n) is 5.98. The second-order valence-electron chi connectivity index (χ2n) is 9.73. The van der Waals surface area contributed by atoms with Crippen LogP contribution < -0.4 is 10.6 Å². The van der Waals surface area contributed by atoms with Crippen LogP contribution in [0.15, 0.2) is 30.3 Å². The first kappa shape index (κ1) is 23.7. The molecule has 3 fully saturated rings. The summed E-state index contributed by atoms with van der Waals surface area (Å²) in [6.07, 6.45) is 2.54. The molecule has 1 aromatic rings. The minimum atomic E-state index is -1.03. The molecule has 1 spiro atoms. The van der Waals surface area contributed by atoms with Gasteiger partial charge >= 0.3 is 0 Å². The van der Waals surface area contributed by atoms with Gasteiger partial charge in [-0.1, -0.05) is 43.7 Å². The summed E-state index contributed by atoms with van der Waals surface area (Å²) in [7, 11) is 0. The van der Waals surface area contributed by atoms with Gasteiger partial charge in [-0.3, -0.25) is 14.4 Å². The number of nitrogens with zero attached hydrogens (tertiary/aromatic N) is 1. The molecule has 0 aromatic heterocycles. The van der Waals surface area contributed by atoms with E-state index in [9.17, 15) is 19.5 Å². The zero-order chi connectivity index (χ0) is 23.8. The van der Waals surface area contributed by atoms with Crippen LogP contribution in [0.4, 0.5) is 0 Å². The summed E-state index contributed by atoms with van der Waals surface area (Å²) in [5.74, 6) is -2.13. The molecule has 3 heterocycles. The van der Waals surface area contributed by atoms with E-state index in [0.717, 1.165) is 18.4 Å². The highest BCUT2D eigenvalue weighted by Crippen LogP contribution is 2.58. The van der Waals surface area contributed by atoms with Gasteiger partial charge in [0.15, 0.2) is 0 Å². The monoisotopic (exact) mass is 457 g/mol. The number of aliphatic hydroxyl groups is 1. The van der Waals surface area contributed by atoms with Gasteiger partial charge in [0.25, 0.3) is 0 Å². The second-order valence-corrected chi connectivity index (χ2v) is 9.73. The molecule has 3 aliphatic rings. The predicted octanol–water partition coefficient (Wildman–Crippen LogP) is 1.36. The third-order valence-electron chi connectivity index (χ3n) is 7.45. The Hall–Kier alpha value is -2.45. The lowest BCUT2D eigenvalue weighted by atomic mass is 9.70. The largest absolute Gasteiger partial charge is 0.394 e.